The van der Waals surface area contributed by atoms with E-state index in [4.69, 9.17) is 0 Å². The molecule has 0 atom stereocenters. The third-order valence-corrected chi connectivity index (χ3v) is 4.46. The number of ether oxygens (including phenoxy) is 1. The standard InChI is InChI=1S/C13H15N3O6S/c17-11(16-23(20,21)10-7-2-1-3-8-10)15-13(19)22-12(18)14-9-5-4-6-9/h1-3,7-9H,4-6H2,(H,14,18)(H2,15,16,17,19). The Kier molecular flexibility index (Phi) is 5.16. The van der Waals surface area contributed by atoms with E-state index >= 15 is 0 Å². The number of urea groups is 1. The molecule has 4 amide bonds. The maximum Gasteiger partial charge on any atom is 0.424 e. The van der Waals surface area contributed by atoms with E-state index in [1.165, 1.54) is 24.3 Å². The molecule has 10 heteroatoms. The Labute approximate surface area is 132 Å². The first-order valence-electron chi connectivity index (χ1n) is 6.78. The average Bonchev–Trinajstić information content (AvgIpc) is 2.43. The molecule has 0 aromatic heterocycles. The molecule has 0 spiro atoms. The van der Waals surface area contributed by atoms with Crippen molar-refractivity contribution in [3.8, 4) is 0 Å². The van der Waals surface area contributed by atoms with Crippen molar-refractivity contribution in [2.45, 2.75) is 30.2 Å². The number of rotatable bonds is 3. The number of alkyl carbamates (subject to hydrolysis) is 2. The minimum atomic E-state index is -4.12. The van der Waals surface area contributed by atoms with E-state index < -0.39 is 28.2 Å². The van der Waals surface area contributed by atoms with Gasteiger partial charge in [-0.25, -0.2) is 32.8 Å². The second-order valence-electron chi connectivity index (χ2n) is 4.82. The predicted molar refractivity (Wildman–Crippen MR) is 77.9 cm³/mol. The first-order valence-corrected chi connectivity index (χ1v) is 8.26. The zero-order valence-corrected chi connectivity index (χ0v) is 12.8. The Balaban J connectivity index is 1.81. The first-order chi connectivity index (χ1) is 10.9. The lowest BCUT2D eigenvalue weighted by atomic mass is 9.93. The van der Waals surface area contributed by atoms with Crippen LogP contribution in [0.4, 0.5) is 14.4 Å². The van der Waals surface area contributed by atoms with Crippen molar-refractivity contribution in [1.82, 2.24) is 15.4 Å². The molecular weight excluding hydrogens is 326 g/mol. The first kappa shape index (κ1) is 16.7. The van der Waals surface area contributed by atoms with Gasteiger partial charge in [-0.05, 0) is 31.4 Å². The molecule has 1 aliphatic carbocycles. The Morgan fingerprint density at radius 3 is 2.26 bits per heavy atom. The minimum Gasteiger partial charge on any atom is -0.359 e. The van der Waals surface area contributed by atoms with Gasteiger partial charge in [0.25, 0.3) is 10.0 Å². The van der Waals surface area contributed by atoms with Gasteiger partial charge in [-0.2, -0.15) is 0 Å². The van der Waals surface area contributed by atoms with Crippen LogP contribution in [0.15, 0.2) is 35.2 Å². The Morgan fingerprint density at radius 1 is 1.04 bits per heavy atom. The van der Waals surface area contributed by atoms with Crippen LogP contribution in [-0.2, 0) is 14.8 Å². The largest absolute Gasteiger partial charge is 0.424 e. The normalized spacial score (nSPS) is 14.3. The van der Waals surface area contributed by atoms with Gasteiger partial charge in [-0.3, -0.25) is 0 Å². The van der Waals surface area contributed by atoms with Crippen LogP contribution in [0.1, 0.15) is 19.3 Å². The summed E-state index contributed by atoms with van der Waals surface area (Å²) in [5.41, 5.74) is 0. The molecule has 0 radical (unpaired) electrons. The van der Waals surface area contributed by atoms with E-state index in [9.17, 15) is 22.8 Å². The molecule has 1 aromatic carbocycles. The van der Waals surface area contributed by atoms with Crippen LogP contribution in [0.5, 0.6) is 0 Å². The van der Waals surface area contributed by atoms with Gasteiger partial charge < -0.3 is 10.1 Å². The van der Waals surface area contributed by atoms with Crippen molar-refractivity contribution >= 4 is 28.2 Å². The second-order valence-corrected chi connectivity index (χ2v) is 6.50. The number of imide groups is 1. The van der Waals surface area contributed by atoms with Crippen LogP contribution >= 0.6 is 0 Å². The molecule has 1 saturated carbocycles. The van der Waals surface area contributed by atoms with Gasteiger partial charge in [0.1, 0.15) is 0 Å². The Bertz CT molecular complexity index is 700. The fourth-order valence-electron chi connectivity index (χ4n) is 1.76. The third-order valence-electron chi connectivity index (χ3n) is 3.11. The maximum absolute atomic E-state index is 11.8. The average molecular weight is 341 g/mol. The van der Waals surface area contributed by atoms with Crippen molar-refractivity contribution in [2.24, 2.45) is 0 Å². The number of hydrogen-bond donors (Lipinski definition) is 3. The summed E-state index contributed by atoms with van der Waals surface area (Å²) in [6.07, 6.45) is 0.212. The minimum absolute atomic E-state index is 0.0393. The van der Waals surface area contributed by atoms with Gasteiger partial charge in [0.15, 0.2) is 0 Å². The van der Waals surface area contributed by atoms with Crippen molar-refractivity contribution < 1.29 is 27.5 Å². The highest BCUT2D eigenvalue weighted by Gasteiger charge is 2.23. The fraction of sp³-hybridized carbons (Fsp3) is 0.308. The second kappa shape index (κ2) is 7.09. The molecule has 0 bridgehead atoms. The lowest BCUT2D eigenvalue weighted by molar-refractivity contribution is 0.144. The summed E-state index contributed by atoms with van der Waals surface area (Å²) in [4.78, 5) is 34.0. The molecule has 9 nitrogen and oxygen atoms in total. The van der Waals surface area contributed by atoms with Crippen LogP contribution in [0.3, 0.4) is 0 Å². The molecule has 1 fully saturated rings. The van der Waals surface area contributed by atoms with E-state index in [0.29, 0.717) is 0 Å². The lowest BCUT2D eigenvalue weighted by Crippen LogP contribution is -2.46. The van der Waals surface area contributed by atoms with Crippen LogP contribution in [0, 0.1) is 0 Å². The highest BCUT2D eigenvalue weighted by molar-refractivity contribution is 7.90. The van der Waals surface area contributed by atoms with E-state index in [1.54, 1.807) is 16.1 Å². The molecular formula is C13H15N3O6S. The fourth-order valence-corrected chi connectivity index (χ4v) is 2.69. The number of benzene rings is 1. The topological polar surface area (TPSA) is 131 Å². The van der Waals surface area contributed by atoms with Crippen LogP contribution in [0.2, 0.25) is 0 Å². The quantitative estimate of drug-likeness (QED) is 0.705. The molecule has 1 aromatic rings. The monoisotopic (exact) mass is 341 g/mol. The molecule has 1 aliphatic rings. The van der Waals surface area contributed by atoms with Gasteiger partial charge in [-0.15, -0.1) is 0 Å². The summed E-state index contributed by atoms with van der Waals surface area (Å²) in [5, 5.41) is 4.02. The highest BCUT2D eigenvalue weighted by Crippen LogP contribution is 2.17. The molecule has 23 heavy (non-hydrogen) atoms. The predicted octanol–water partition coefficient (Wildman–Crippen LogP) is 1.07. The summed E-state index contributed by atoms with van der Waals surface area (Å²) in [5.74, 6) is 0. The SMILES string of the molecule is O=C(NC(=O)OC(=O)NC1CCC1)NS(=O)(=O)c1ccccc1. The number of sulfonamides is 1. The zero-order valence-electron chi connectivity index (χ0n) is 11.9. The van der Waals surface area contributed by atoms with Crippen molar-refractivity contribution in [3.63, 3.8) is 0 Å². The number of amides is 4. The number of carbonyl (C=O) groups excluding carboxylic acids is 3. The summed E-state index contributed by atoms with van der Waals surface area (Å²) >= 11 is 0. The lowest BCUT2D eigenvalue weighted by Gasteiger charge is -2.25. The number of hydrogen-bond acceptors (Lipinski definition) is 6. The van der Waals surface area contributed by atoms with E-state index in [0.717, 1.165) is 19.3 Å². The third kappa shape index (κ3) is 4.95. The van der Waals surface area contributed by atoms with Crippen LogP contribution in [-0.4, -0.2) is 32.7 Å². The van der Waals surface area contributed by atoms with Gasteiger partial charge in [0, 0.05) is 6.04 Å². The van der Waals surface area contributed by atoms with Gasteiger partial charge in [-0.1, -0.05) is 18.2 Å². The van der Waals surface area contributed by atoms with Crippen molar-refractivity contribution in [2.75, 3.05) is 0 Å². The molecule has 2 rings (SSSR count). The van der Waals surface area contributed by atoms with Crippen molar-refractivity contribution in [3.05, 3.63) is 30.3 Å². The zero-order chi connectivity index (χ0) is 16.9. The molecule has 3 N–H and O–H groups in total. The summed E-state index contributed by atoms with van der Waals surface area (Å²) in [6.45, 7) is 0. The molecule has 124 valence electrons. The van der Waals surface area contributed by atoms with E-state index in [2.05, 4.69) is 10.1 Å². The van der Waals surface area contributed by atoms with Gasteiger partial charge in [0.05, 0.1) is 4.90 Å². The van der Waals surface area contributed by atoms with E-state index in [-0.39, 0.29) is 10.9 Å². The highest BCUT2D eigenvalue weighted by atomic mass is 32.2. The smallest absolute Gasteiger partial charge is 0.359 e. The van der Waals surface area contributed by atoms with Crippen LogP contribution in [0.25, 0.3) is 0 Å². The van der Waals surface area contributed by atoms with E-state index in [1.807, 2.05) is 0 Å². The Morgan fingerprint density at radius 2 is 1.70 bits per heavy atom. The number of carbonyl (C=O) groups is 3. The molecule has 0 unspecified atom stereocenters. The summed E-state index contributed by atoms with van der Waals surface area (Å²) < 4.78 is 29.6. The molecule has 0 saturated heterocycles. The Hall–Kier alpha value is -2.62. The summed E-state index contributed by atoms with van der Waals surface area (Å²) in [6, 6.07) is 5.76. The number of nitrogens with one attached hydrogen (secondary N) is 3. The maximum atomic E-state index is 11.8. The van der Waals surface area contributed by atoms with Crippen molar-refractivity contribution in [1.29, 1.82) is 0 Å². The van der Waals surface area contributed by atoms with Gasteiger partial charge in [0.2, 0.25) is 0 Å². The summed E-state index contributed by atoms with van der Waals surface area (Å²) in [7, 11) is -4.12. The van der Waals surface area contributed by atoms with Gasteiger partial charge >= 0.3 is 18.2 Å². The molecule has 0 heterocycles. The van der Waals surface area contributed by atoms with Crippen LogP contribution < -0.4 is 15.4 Å². The molecule has 0 aliphatic heterocycles.